The van der Waals surface area contributed by atoms with Crippen molar-refractivity contribution in [3.05, 3.63) is 53.6 Å². The summed E-state index contributed by atoms with van der Waals surface area (Å²) in [6.07, 6.45) is -0.272. The summed E-state index contributed by atoms with van der Waals surface area (Å²) in [4.78, 5) is 23.5. The molecule has 0 aliphatic heterocycles. The molecule has 2 rings (SSSR count). The van der Waals surface area contributed by atoms with Crippen molar-refractivity contribution < 1.29 is 28.9 Å². The van der Waals surface area contributed by atoms with Crippen LogP contribution in [0.5, 0.6) is 17.2 Å². The minimum absolute atomic E-state index is 0.216. The lowest BCUT2D eigenvalue weighted by Crippen LogP contribution is -2.33. The molecule has 0 saturated carbocycles. The predicted molar refractivity (Wildman–Crippen MR) is 99.4 cm³/mol. The Kier molecular flexibility index (Phi) is 7.05. The summed E-state index contributed by atoms with van der Waals surface area (Å²) in [5.74, 6) is 0.0858. The van der Waals surface area contributed by atoms with Crippen LogP contribution in [0.25, 0.3) is 0 Å². The fourth-order valence-electron chi connectivity index (χ4n) is 2.52. The van der Waals surface area contributed by atoms with Crippen LogP contribution >= 0.6 is 0 Å². The van der Waals surface area contributed by atoms with Gasteiger partial charge in [0.25, 0.3) is 5.91 Å². The average Bonchev–Trinajstić information content (AvgIpc) is 2.66. The zero-order valence-electron chi connectivity index (χ0n) is 15.5. The monoisotopic (exact) mass is 373 g/mol. The number of carbonyl (C=O) groups is 2. The van der Waals surface area contributed by atoms with E-state index >= 15 is 0 Å². The molecule has 0 aliphatic carbocycles. The van der Waals surface area contributed by atoms with E-state index < -0.39 is 17.9 Å². The maximum Gasteiger partial charge on any atom is 0.305 e. The van der Waals surface area contributed by atoms with E-state index in [9.17, 15) is 14.7 Å². The van der Waals surface area contributed by atoms with Crippen molar-refractivity contribution in [3.8, 4) is 17.2 Å². The molecule has 1 amide bonds. The van der Waals surface area contributed by atoms with Crippen molar-refractivity contribution in [1.82, 2.24) is 5.32 Å². The molecule has 0 spiro atoms. The van der Waals surface area contributed by atoms with Gasteiger partial charge in [0.1, 0.15) is 5.75 Å². The molecule has 0 heterocycles. The molecule has 7 heteroatoms. The lowest BCUT2D eigenvalue weighted by molar-refractivity contribution is -0.137. The van der Waals surface area contributed by atoms with E-state index in [0.717, 1.165) is 5.56 Å². The lowest BCUT2D eigenvalue weighted by atomic mass is 10.0. The van der Waals surface area contributed by atoms with Crippen LogP contribution in [0.15, 0.2) is 42.5 Å². The van der Waals surface area contributed by atoms with E-state index in [4.69, 9.17) is 14.2 Å². The van der Waals surface area contributed by atoms with Crippen molar-refractivity contribution in [2.45, 2.75) is 19.4 Å². The van der Waals surface area contributed by atoms with Gasteiger partial charge in [-0.05, 0) is 36.8 Å². The third-order valence-corrected chi connectivity index (χ3v) is 3.91. The standard InChI is InChI=1S/C20H23NO6/c1-13-4-7-15(8-5-13)27-12-19(22)21-16(11-20(23)24)14-6-9-17(25-2)18(10-14)26-3/h4-10,16H,11-12H2,1-3H3,(H,21,22)(H,23,24)/t16-/m0/s1. The Morgan fingerprint density at radius 1 is 1.04 bits per heavy atom. The molecule has 144 valence electrons. The van der Waals surface area contributed by atoms with Gasteiger partial charge in [0.2, 0.25) is 0 Å². The van der Waals surface area contributed by atoms with E-state index in [-0.39, 0.29) is 13.0 Å². The number of ether oxygens (including phenoxy) is 3. The van der Waals surface area contributed by atoms with Gasteiger partial charge < -0.3 is 24.6 Å². The highest BCUT2D eigenvalue weighted by molar-refractivity contribution is 5.79. The zero-order chi connectivity index (χ0) is 19.8. The topological polar surface area (TPSA) is 94.1 Å². The second-order valence-corrected chi connectivity index (χ2v) is 5.93. The van der Waals surface area contributed by atoms with Gasteiger partial charge in [-0.15, -0.1) is 0 Å². The molecule has 2 aromatic carbocycles. The zero-order valence-corrected chi connectivity index (χ0v) is 15.5. The number of hydrogen-bond donors (Lipinski definition) is 2. The molecule has 0 bridgehead atoms. The number of carbonyl (C=O) groups excluding carboxylic acids is 1. The van der Waals surface area contributed by atoms with Crippen LogP contribution in [0.1, 0.15) is 23.6 Å². The van der Waals surface area contributed by atoms with Crippen LogP contribution in [0.4, 0.5) is 0 Å². The van der Waals surface area contributed by atoms with Gasteiger partial charge in [0.15, 0.2) is 18.1 Å². The normalized spacial score (nSPS) is 11.4. The molecule has 0 radical (unpaired) electrons. The summed E-state index contributed by atoms with van der Waals surface area (Å²) < 4.78 is 15.9. The molecule has 0 aliphatic rings. The summed E-state index contributed by atoms with van der Waals surface area (Å²) in [5.41, 5.74) is 1.68. The molecule has 0 fully saturated rings. The second kappa shape index (κ2) is 9.47. The number of amides is 1. The molecule has 0 saturated heterocycles. The van der Waals surface area contributed by atoms with E-state index in [1.165, 1.54) is 14.2 Å². The highest BCUT2D eigenvalue weighted by Crippen LogP contribution is 2.31. The molecule has 2 N–H and O–H groups in total. The Balaban J connectivity index is 2.08. The number of carboxylic acid groups (broad SMARTS) is 1. The Morgan fingerprint density at radius 3 is 2.30 bits per heavy atom. The van der Waals surface area contributed by atoms with Gasteiger partial charge in [-0.1, -0.05) is 23.8 Å². The Labute approximate surface area is 157 Å². The quantitative estimate of drug-likeness (QED) is 0.702. The predicted octanol–water partition coefficient (Wildman–Crippen LogP) is 2.72. The van der Waals surface area contributed by atoms with E-state index in [0.29, 0.717) is 22.8 Å². The van der Waals surface area contributed by atoms with Crippen molar-refractivity contribution in [2.75, 3.05) is 20.8 Å². The molecular formula is C20H23NO6. The van der Waals surface area contributed by atoms with Gasteiger partial charge in [-0.25, -0.2) is 0 Å². The number of benzene rings is 2. The fraction of sp³-hybridized carbons (Fsp3) is 0.300. The van der Waals surface area contributed by atoms with Crippen LogP contribution in [-0.4, -0.2) is 37.8 Å². The first-order chi connectivity index (χ1) is 12.9. The van der Waals surface area contributed by atoms with Crippen LogP contribution in [0.3, 0.4) is 0 Å². The largest absolute Gasteiger partial charge is 0.493 e. The molecule has 27 heavy (non-hydrogen) atoms. The Bertz CT molecular complexity index is 788. The maximum atomic E-state index is 12.2. The summed E-state index contributed by atoms with van der Waals surface area (Å²) in [6.45, 7) is 1.74. The van der Waals surface area contributed by atoms with Crippen molar-refractivity contribution in [2.24, 2.45) is 0 Å². The first kappa shape index (κ1) is 20.1. The van der Waals surface area contributed by atoms with E-state index in [2.05, 4.69) is 5.32 Å². The van der Waals surface area contributed by atoms with Gasteiger partial charge in [0.05, 0.1) is 26.7 Å². The molecule has 0 aromatic heterocycles. The molecule has 1 atom stereocenters. The summed E-state index contributed by atoms with van der Waals surface area (Å²) in [7, 11) is 3.00. The number of aliphatic carboxylic acids is 1. The first-order valence-electron chi connectivity index (χ1n) is 8.35. The number of nitrogens with one attached hydrogen (secondary N) is 1. The second-order valence-electron chi connectivity index (χ2n) is 5.93. The summed E-state index contributed by atoms with van der Waals surface area (Å²) >= 11 is 0. The van der Waals surface area contributed by atoms with E-state index in [1.54, 1.807) is 30.3 Å². The SMILES string of the molecule is COc1ccc([C@H](CC(=O)O)NC(=O)COc2ccc(C)cc2)cc1OC. The van der Waals surface area contributed by atoms with Crippen molar-refractivity contribution >= 4 is 11.9 Å². The fourth-order valence-corrected chi connectivity index (χ4v) is 2.52. The van der Waals surface area contributed by atoms with Crippen LogP contribution in [0, 0.1) is 6.92 Å². The van der Waals surface area contributed by atoms with Gasteiger partial charge in [-0.2, -0.15) is 0 Å². The minimum Gasteiger partial charge on any atom is -0.493 e. The van der Waals surface area contributed by atoms with Crippen molar-refractivity contribution in [1.29, 1.82) is 0 Å². The van der Waals surface area contributed by atoms with Gasteiger partial charge in [0, 0.05) is 0 Å². The minimum atomic E-state index is -1.03. The smallest absolute Gasteiger partial charge is 0.305 e. The molecule has 7 nitrogen and oxygen atoms in total. The van der Waals surface area contributed by atoms with Gasteiger partial charge in [-0.3, -0.25) is 9.59 Å². The molecule has 2 aromatic rings. The maximum absolute atomic E-state index is 12.2. The average molecular weight is 373 g/mol. The number of aryl methyl sites for hydroxylation is 1. The Hall–Kier alpha value is -3.22. The number of carboxylic acids is 1. The number of hydrogen-bond acceptors (Lipinski definition) is 5. The number of rotatable bonds is 9. The van der Waals surface area contributed by atoms with Crippen LogP contribution in [-0.2, 0) is 9.59 Å². The van der Waals surface area contributed by atoms with Crippen molar-refractivity contribution in [3.63, 3.8) is 0 Å². The van der Waals surface area contributed by atoms with E-state index in [1.807, 2.05) is 19.1 Å². The van der Waals surface area contributed by atoms with Gasteiger partial charge >= 0.3 is 5.97 Å². The summed E-state index contributed by atoms with van der Waals surface area (Å²) in [5, 5.41) is 11.9. The summed E-state index contributed by atoms with van der Waals surface area (Å²) in [6, 6.07) is 11.6. The third kappa shape index (κ3) is 5.91. The highest BCUT2D eigenvalue weighted by atomic mass is 16.5. The van der Waals surface area contributed by atoms with Crippen LogP contribution in [0.2, 0.25) is 0 Å². The third-order valence-electron chi connectivity index (χ3n) is 3.91. The lowest BCUT2D eigenvalue weighted by Gasteiger charge is -2.19. The van der Waals surface area contributed by atoms with Crippen LogP contribution < -0.4 is 19.5 Å². The number of methoxy groups -OCH3 is 2. The first-order valence-corrected chi connectivity index (χ1v) is 8.35. The highest BCUT2D eigenvalue weighted by Gasteiger charge is 2.20. The molecular weight excluding hydrogens is 350 g/mol. The molecule has 0 unspecified atom stereocenters. The Morgan fingerprint density at radius 2 is 1.70 bits per heavy atom.